The van der Waals surface area contributed by atoms with Gasteiger partial charge in [-0.1, -0.05) is 0 Å². The maximum absolute atomic E-state index is 9.05. The molecule has 0 radical (unpaired) electrons. The SMILES string of the molecule is COc1cc(-c2ncc(O)[nH]2)ncn1. The van der Waals surface area contributed by atoms with Gasteiger partial charge in [-0.2, -0.15) is 0 Å². The first-order valence-corrected chi connectivity index (χ1v) is 3.90. The highest BCUT2D eigenvalue weighted by atomic mass is 16.5. The van der Waals surface area contributed by atoms with Gasteiger partial charge in [-0.25, -0.2) is 15.0 Å². The van der Waals surface area contributed by atoms with Crippen molar-refractivity contribution in [2.75, 3.05) is 7.11 Å². The normalized spacial score (nSPS) is 10.1. The van der Waals surface area contributed by atoms with E-state index in [9.17, 15) is 0 Å². The van der Waals surface area contributed by atoms with Crippen LogP contribution in [0.1, 0.15) is 0 Å². The van der Waals surface area contributed by atoms with E-state index in [0.29, 0.717) is 17.4 Å². The third kappa shape index (κ3) is 1.49. The van der Waals surface area contributed by atoms with Crippen LogP contribution in [0.3, 0.4) is 0 Å². The molecule has 2 rings (SSSR count). The third-order valence-corrected chi connectivity index (χ3v) is 1.66. The number of aromatic nitrogens is 4. The van der Waals surface area contributed by atoms with Crippen LogP contribution in [0.5, 0.6) is 11.8 Å². The molecule has 14 heavy (non-hydrogen) atoms. The number of hydrogen-bond acceptors (Lipinski definition) is 5. The van der Waals surface area contributed by atoms with E-state index < -0.39 is 0 Å². The van der Waals surface area contributed by atoms with E-state index in [1.54, 1.807) is 6.07 Å². The molecular formula is C8H8N4O2. The molecule has 72 valence electrons. The first kappa shape index (κ1) is 8.49. The number of H-pyrrole nitrogens is 1. The second-order valence-electron chi connectivity index (χ2n) is 2.56. The highest BCUT2D eigenvalue weighted by molar-refractivity contribution is 5.50. The summed E-state index contributed by atoms with van der Waals surface area (Å²) in [4.78, 5) is 14.4. The van der Waals surface area contributed by atoms with Gasteiger partial charge in [0, 0.05) is 6.07 Å². The summed E-state index contributed by atoms with van der Waals surface area (Å²) in [7, 11) is 1.52. The Balaban J connectivity index is 2.41. The lowest BCUT2D eigenvalue weighted by Crippen LogP contribution is -1.91. The molecule has 0 aromatic carbocycles. The molecular weight excluding hydrogens is 184 g/mol. The summed E-state index contributed by atoms with van der Waals surface area (Å²) in [6.45, 7) is 0. The Morgan fingerprint density at radius 1 is 1.36 bits per heavy atom. The molecule has 0 aliphatic heterocycles. The summed E-state index contributed by atoms with van der Waals surface area (Å²) in [5, 5.41) is 9.05. The van der Waals surface area contributed by atoms with Crippen molar-refractivity contribution in [1.82, 2.24) is 19.9 Å². The number of hydrogen-bond donors (Lipinski definition) is 2. The fourth-order valence-corrected chi connectivity index (χ4v) is 1.02. The van der Waals surface area contributed by atoms with Crippen molar-refractivity contribution in [3.8, 4) is 23.3 Å². The van der Waals surface area contributed by atoms with E-state index in [-0.39, 0.29) is 5.88 Å². The largest absolute Gasteiger partial charge is 0.493 e. The Morgan fingerprint density at radius 3 is 2.86 bits per heavy atom. The highest BCUT2D eigenvalue weighted by Gasteiger charge is 2.05. The molecule has 0 bridgehead atoms. The Morgan fingerprint density at radius 2 is 2.21 bits per heavy atom. The molecule has 0 atom stereocenters. The molecule has 6 nitrogen and oxygen atoms in total. The fraction of sp³-hybridized carbons (Fsp3) is 0.125. The second kappa shape index (κ2) is 3.33. The Kier molecular flexibility index (Phi) is 2.02. The molecule has 6 heteroatoms. The number of rotatable bonds is 2. The quantitative estimate of drug-likeness (QED) is 0.727. The average Bonchev–Trinajstić information content (AvgIpc) is 2.65. The Hall–Kier alpha value is -2.11. The van der Waals surface area contributed by atoms with Crippen LogP contribution in [0, 0.1) is 0 Å². The van der Waals surface area contributed by atoms with Crippen LogP contribution in [0.4, 0.5) is 0 Å². The van der Waals surface area contributed by atoms with Crippen molar-refractivity contribution in [3.05, 3.63) is 18.6 Å². The van der Waals surface area contributed by atoms with Gasteiger partial charge in [0.1, 0.15) is 12.0 Å². The first-order chi connectivity index (χ1) is 6.79. The average molecular weight is 192 g/mol. The molecule has 0 amide bonds. The van der Waals surface area contributed by atoms with Crippen LogP contribution in [0.15, 0.2) is 18.6 Å². The molecule has 2 aromatic heterocycles. The smallest absolute Gasteiger partial charge is 0.216 e. The van der Waals surface area contributed by atoms with Gasteiger partial charge in [0.2, 0.25) is 11.8 Å². The first-order valence-electron chi connectivity index (χ1n) is 3.90. The zero-order chi connectivity index (χ0) is 9.97. The minimum Gasteiger partial charge on any atom is -0.493 e. The van der Waals surface area contributed by atoms with Gasteiger partial charge in [-0.15, -0.1) is 0 Å². The second-order valence-corrected chi connectivity index (χ2v) is 2.56. The number of imidazole rings is 1. The topological polar surface area (TPSA) is 83.9 Å². The summed E-state index contributed by atoms with van der Waals surface area (Å²) in [5.41, 5.74) is 0.567. The maximum Gasteiger partial charge on any atom is 0.216 e. The standard InChI is InChI=1S/C8H8N4O2/c1-14-7-2-5(10-4-11-7)8-9-3-6(13)12-8/h2-4,13H,1H3,(H,9,12). The summed E-state index contributed by atoms with van der Waals surface area (Å²) in [5.74, 6) is 0.923. The molecule has 0 spiro atoms. The molecule has 2 aromatic rings. The minimum absolute atomic E-state index is 0.00224. The minimum atomic E-state index is -0.00224. The van der Waals surface area contributed by atoms with E-state index in [0.717, 1.165) is 0 Å². The number of nitrogens with zero attached hydrogens (tertiary/aromatic N) is 3. The molecule has 0 unspecified atom stereocenters. The van der Waals surface area contributed by atoms with Crippen molar-refractivity contribution < 1.29 is 9.84 Å². The van der Waals surface area contributed by atoms with Crippen LogP contribution >= 0.6 is 0 Å². The zero-order valence-corrected chi connectivity index (χ0v) is 7.43. The van der Waals surface area contributed by atoms with Gasteiger partial charge in [-0.3, -0.25) is 0 Å². The van der Waals surface area contributed by atoms with Gasteiger partial charge >= 0.3 is 0 Å². The Bertz CT molecular complexity index is 440. The molecule has 2 N–H and O–H groups in total. The lowest BCUT2D eigenvalue weighted by Gasteiger charge is -1.98. The molecule has 0 saturated carbocycles. The zero-order valence-electron chi connectivity index (χ0n) is 7.43. The summed E-state index contributed by atoms with van der Waals surface area (Å²) >= 11 is 0. The summed E-state index contributed by atoms with van der Waals surface area (Å²) in [6.07, 6.45) is 2.68. The van der Waals surface area contributed by atoms with Crippen molar-refractivity contribution in [2.24, 2.45) is 0 Å². The van der Waals surface area contributed by atoms with Crippen molar-refractivity contribution >= 4 is 0 Å². The predicted octanol–water partition coefficient (Wildman–Crippen LogP) is 0.581. The van der Waals surface area contributed by atoms with Crippen molar-refractivity contribution in [1.29, 1.82) is 0 Å². The van der Waals surface area contributed by atoms with Crippen molar-refractivity contribution in [2.45, 2.75) is 0 Å². The molecule has 0 aliphatic rings. The van der Waals surface area contributed by atoms with Gasteiger partial charge < -0.3 is 14.8 Å². The fourth-order valence-electron chi connectivity index (χ4n) is 1.02. The molecule has 2 heterocycles. The van der Waals surface area contributed by atoms with E-state index in [1.807, 2.05) is 0 Å². The lowest BCUT2D eigenvalue weighted by molar-refractivity contribution is 0.397. The molecule has 0 fully saturated rings. The number of methoxy groups -OCH3 is 1. The molecule has 0 saturated heterocycles. The number of ether oxygens (including phenoxy) is 1. The third-order valence-electron chi connectivity index (χ3n) is 1.66. The van der Waals surface area contributed by atoms with Crippen LogP contribution in [-0.4, -0.2) is 32.2 Å². The van der Waals surface area contributed by atoms with E-state index in [2.05, 4.69) is 19.9 Å². The van der Waals surface area contributed by atoms with Gasteiger partial charge in [0.05, 0.1) is 13.3 Å². The summed E-state index contributed by atoms with van der Waals surface area (Å²) in [6, 6.07) is 1.62. The van der Waals surface area contributed by atoms with Gasteiger partial charge in [-0.05, 0) is 0 Å². The van der Waals surface area contributed by atoms with Crippen LogP contribution < -0.4 is 4.74 Å². The number of nitrogens with one attached hydrogen (secondary N) is 1. The van der Waals surface area contributed by atoms with E-state index in [1.165, 1.54) is 19.6 Å². The molecule has 0 aliphatic carbocycles. The van der Waals surface area contributed by atoms with Crippen LogP contribution in [0.2, 0.25) is 0 Å². The highest BCUT2D eigenvalue weighted by Crippen LogP contribution is 2.17. The monoisotopic (exact) mass is 192 g/mol. The summed E-state index contributed by atoms with van der Waals surface area (Å²) < 4.78 is 4.93. The number of aromatic amines is 1. The van der Waals surface area contributed by atoms with Crippen molar-refractivity contribution in [3.63, 3.8) is 0 Å². The maximum atomic E-state index is 9.05. The van der Waals surface area contributed by atoms with Gasteiger partial charge in [0.15, 0.2) is 5.82 Å². The van der Waals surface area contributed by atoms with Gasteiger partial charge in [0.25, 0.3) is 0 Å². The predicted molar refractivity (Wildman–Crippen MR) is 47.8 cm³/mol. The Labute approximate surface area is 79.6 Å². The van der Waals surface area contributed by atoms with Crippen LogP contribution in [-0.2, 0) is 0 Å². The van der Waals surface area contributed by atoms with Crippen LogP contribution in [0.25, 0.3) is 11.5 Å². The lowest BCUT2D eigenvalue weighted by atomic mass is 10.4. The van der Waals surface area contributed by atoms with E-state index in [4.69, 9.17) is 9.84 Å². The number of aromatic hydroxyl groups is 1. The van der Waals surface area contributed by atoms with E-state index >= 15 is 0 Å².